The fourth-order valence-corrected chi connectivity index (χ4v) is 3.67. The lowest BCUT2D eigenvalue weighted by Crippen LogP contribution is -2.43. The van der Waals surface area contributed by atoms with Gasteiger partial charge in [-0.15, -0.1) is 0 Å². The zero-order chi connectivity index (χ0) is 14.2. The van der Waals surface area contributed by atoms with E-state index in [1.807, 2.05) is 35.2 Å². The second-order valence-corrected chi connectivity index (χ2v) is 6.10. The summed E-state index contributed by atoms with van der Waals surface area (Å²) in [5, 5.41) is 4.47. The number of likely N-dealkylation sites (tertiary alicyclic amines) is 1. The molecule has 3 heterocycles. The van der Waals surface area contributed by atoms with Crippen LogP contribution in [0.25, 0.3) is 10.9 Å². The zero-order valence-corrected chi connectivity index (χ0v) is 12.0. The van der Waals surface area contributed by atoms with Crippen molar-refractivity contribution in [2.45, 2.75) is 6.42 Å². The number of hydrogen-bond donors (Lipinski definition) is 1. The summed E-state index contributed by atoms with van der Waals surface area (Å²) in [7, 11) is 0. The first-order valence-electron chi connectivity index (χ1n) is 7.66. The van der Waals surface area contributed by atoms with Crippen LogP contribution < -0.4 is 5.32 Å². The Hall–Kier alpha value is -1.94. The maximum absolute atomic E-state index is 12.9. The summed E-state index contributed by atoms with van der Waals surface area (Å²) in [5.41, 5.74) is 1.55. The molecule has 4 rings (SSSR count). The average molecular weight is 281 g/mol. The monoisotopic (exact) mass is 281 g/mol. The first-order chi connectivity index (χ1) is 10.3. The smallest absolute Gasteiger partial charge is 0.256 e. The molecule has 2 aliphatic heterocycles. The first-order valence-corrected chi connectivity index (χ1v) is 7.66. The van der Waals surface area contributed by atoms with E-state index in [0.29, 0.717) is 5.92 Å². The molecule has 21 heavy (non-hydrogen) atoms. The molecule has 1 amide bonds. The Balaban J connectivity index is 1.64. The predicted molar refractivity (Wildman–Crippen MR) is 82.1 cm³/mol. The normalized spacial score (nSPS) is 25.0. The number of carbonyl (C=O) groups excluding carboxylic acids is 1. The third kappa shape index (κ3) is 2.20. The molecule has 1 aromatic carbocycles. The van der Waals surface area contributed by atoms with E-state index in [0.717, 1.165) is 55.0 Å². The Bertz CT molecular complexity index is 679. The van der Waals surface area contributed by atoms with Crippen molar-refractivity contribution in [3.63, 3.8) is 0 Å². The van der Waals surface area contributed by atoms with Gasteiger partial charge in [-0.1, -0.05) is 18.2 Å². The molecule has 0 bridgehead atoms. The van der Waals surface area contributed by atoms with Crippen molar-refractivity contribution in [1.82, 2.24) is 15.2 Å². The highest BCUT2D eigenvalue weighted by Crippen LogP contribution is 2.28. The van der Waals surface area contributed by atoms with E-state index in [1.54, 1.807) is 6.20 Å². The average Bonchev–Trinajstić information content (AvgIpc) is 3.01. The molecule has 2 fully saturated rings. The number of nitrogens with zero attached hydrogens (tertiary/aromatic N) is 2. The number of rotatable bonds is 1. The standard InChI is InChI=1S/C17H19N3O/c21-17(20-8-6-13-9-18-10-14(13)11-20)15-5-1-3-12-4-2-7-19-16(12)15/h1-5,7,13-14,18H,6,8-11H2. The molecule has 0 radical (unpaired) electrons. The maximum atomic E-state index is 12.9. The van der Waals surface area contributed by atoms with Crippen molar-refractivity contribution >= 4 is 16.8 Å². The fourth-order valence-electron chi connectivity index (χ4n) is 3.67. The Morgan fingerprint density at radius 3 is 3.00 bits per heavy atom. The molecule has 1 N–H and O–H groups in total. The number of amides is 1. The highest BCUT2D eigenvalue weighted by molar-refractivity contribution is 6.05. The van der Waals surface area contributed by atoms with Gasteiger partial charge in [0.05, 0.1) is 11.1 Å². The number of para-hydroxylation sites is 1. The molecule has 2 atom stereocenters. The lowest BCUT2D eigenvalue weighted by molar-refractivity contribution is 0.0644. The highest BCUT2D eigenvalue weighted by atomic mass is 16.2. The Labute approximate surface area is 124 Å². The van der Waals surface area contributed by atoms with Crippen LogP contribution in [-0.4, -0.2) is 42.0 Å². The van der Waals surface area contributed by atoms with Crippen LogP contribution in [0.15, 0.2) is 36.5 Å². The number of carbonyl (C=O) groups is 1. The summed E-state index contributed by atoms with van der Waals surface area (Å²) < 4.78 is 0. The minimum atomic E-state index is 0.129. The molecule has 1 aromatic heterocycles. The number of piperidine rings is 1. The van der Waals surface area contributed by atoms with E-state index in [4.69, 9.17) is 0 Å². The predicted octanol–water partition coefficient (Wildman–Crippen LogP) is 1.92. The van der Waals surface area contributed by atoms with Crippen LogP contribution in [0.5, 0.6) is 0 Å². The molecular formula is C17H19N3O. The molecule has 4 nitrogen and oxygen atoms in total. The van der Waals surface area contributed by atoms with Gasteiger partial charge in [0.25, 0.3) is 5.91 Å². The minimum absolute atomic E-state index is 0.129. The van der Waals surface area contributed by atoms with Gasteiger partial charge in [0.1, 0.15) is 0 Å². The second kappa shape index (κ2) is 5.11. The summed E-state index contributed by atoms with van der Waals surface area (Å²) in [6.45, 7) is 3.90. The highest BCUT2D eigenvalue weighted by Gasteiger charge is 2.35. The summed E-state index contributed by atoms with van der Waals surface area (Å²) in [4.78, 5) is 19.3. The van der Waals surface area contributed by atoms with Crippen LogP contribution in [0.1, 0.15) is 16.8 Å². The first kappa shape index (κ1) is 12.8. The van der Waals surface area contributed by atoms with Crippen LogP contribution in [0.3, 0.4) is 0 Å². The van der Waals surface area contributed by atoms with E-state index >= 15 is 0 Å². The van der Waals surface area contributed by atoms with Crippen molar-refractivity contribution in [2.75, 3.05) is 26.2 Å². The third-order valence-electron chi connectivity index (χ3n) is 4.85. The second-order valence-electron chi connectivity index (χ2n) is 6.10. The van der Waals surface area contributed by atoms with E-state index in [9.17, 15) is 4.79 Å². The number of pyridine rings is 1. The number of hydrogen-bond acceptors (Lipinski definition) is 3. The Kier molecular flexibility index (Phi) is 3.11. The van der Waals surface area contributed by atoms with Gasteiger partial charge < -0.3 is 10.2 Å². The van der Waals surface area contributed by atoms with Crippen molar-refractivity contribution in [1.29, 1.82) is 0 Å². The quantitative estimate of drug-likeness (QED) is 0.868. The lowest BCUT2D eigenvalue weighted by atomic mass is 9.88. The van der Waals surface area contributed by atoms with Gasteiger partial charge in [-0.25, -0.2) is 0 Å². The van der Waals surface area contributed by atoms with Crippen molar-refractivity contribution < 1.29 is 4.79 Å². The minimum Gasteiger partial charge on any atom is -0.338 e. The molecule has 0 saturated carbocycles. The maximum Gasteiger partial charge on any atom is 0.256 e. The summed E-state index contributed by atoms with van der Waals surface area (Å²) >= 11 is 0. The van der Waals surface area contributed by atoms with Crippen molar-refractivity contribution in [3.05, 3.63) is 42.1 Å². The molecule has 0 spiro atoms. The van der Waals surface area contributed by atoms with Gasteiger partial charge in [0.15, 0.2) is 0 Å². The molecule has 0 aliphatic carbocycles. The topological polar surface area (TPSA) is 45.2 Å². The van der Waals surface area contributed by atoms with Crippen molar-refractivity contribution in [2.24, 2.45) is 11.8 Å². The number of benzene rings is 1. The zero-order valence-electron chi connectivity index (χ0n) is 12.0. The van der Waals surface area contributed by atoms with Gasteiger partial charge in [0.2, 0.25) is 0 Å². The number of aromatic nitrogens is 1. The summed E-state index contributed by atoms with van der Waals surface area (Å²) in [5.74, 6) is 1.50. The Morgan fingerprint density at radius 2 is 2.05 bits per heavy atom. The summed E-state index contributed by atoms with van der Waals surface area (Å²) in [6, 6.07) is 9.77. The van der Waals surface area contributed by atoms with Crippen LogP contribution in [0.4, 0.5) is 0 Å². The molecule has 4 heteroatoms. The van der Waals surface area contributed by atoms with Crippen LogP contribution >= 0.6 is 0 Å². The van der Waals surface area contributed by atoms with Crippen molar-refractivity contribution in [3.8, 4) is 0 Å². The largest absolute Gasteiger partial charge is 0.338 e. The van der Waals surface area contributed by atoms with Gasteiger partial charge in [-0.05, 0) is 43.5 Å². The molecule has 2 unspecified atom stereocenters. The SMILES string of the molecule is O=C(c1cccc2cccnc12)N1CCC2CNCC2C1. The van der Waals surface area contributed by atoms with Crippen LogP contribution in [-0.2, 0) is 0 Å². The molecule has 2 aliphatic rings. The number of fused-ring (bicyclic) bond motifs is 2. The van der Waals surface area contributed by atoms with E-state index < -0.39 is 0 Å². The Morgan fingerprint density at radius 1 is 1.19 bits per heavy atom. The molecule has 108 valence electrons. The van der Waals surface area contributed by atoms with Crippen LogP contribution in [0.2, 0.25) is 0 Å². The summed E-state index contributed by atoms with van der Waals surface area (Å²) in [6.07, 6.45) is 2.87. The molecule has 2 aromatic rings. The van der Waals surface area contributed by atoms with Gasteiger partial charge in [-0.2, -0.15) is 0 Å². The number of nitrogens with one attached hydrogen (secondary N) is 1. The van der Waals surface area contributed by atoms with Gasteiger partial charge in [-0.3, -0.25) is 9.78 Å². The van der Waals surface area contributed by atoms with E-state index in [2.05, 4.69) is 10.3 Å². The molecule has 2 saturated heterocycles. The van der Waals surface area contributed by atoms with E-state index in [1.165, 1.54) is 0 Å². The van der Waals surface area contributed by atoms with Crippen LogP contribution in [0, 0.1) is 11.8 Å². The van der Waals surface area contributed by atoms with Gasteiger partial charge in [0, 0.05) is 24.7 Å². The lowest BCUT2D eigenvalue weighted by Gasteiger charge is -2.34. The molecular weight excluding hydrogens is 262 g/mol. The van der Waals surface area contributed by atoms with E-state index in [-0.39, 0.29) is 5.91 Å². The van der Waals surface area contributed by atoms with Gasteiger partial charge >= 0.3 is 0 Å². The fraction of sp³-hybridized carbons (Fsp3) is 0.412. The third-order valence-corrected chi connectivity index (χ3v) is 4.85.